The third-order valence-electron chi connectivity index (χ3n) is 4.21. The molecule has 0 saturated heterocycles. The fourth-order valence-electron chi connectivity index (χ4n) is 2.82. The van der Waals surface area contributed by atoms with Crippen molar-refractivity contribution in [3.8, 4) is 0 Å². The lowest BCUT2D eigenvalue weighted by atomic mass is 10.2. The van der Waals surface area contributed by atoms with Crippen molar-refractivity contribution in [2.45, 2.75) is 17.3 Å². The third-order valence-corrected chi connectivity index (χ3v) is 5.15. The predicted octanol–water partition coefficient (Wildman–Crippen LogP) is 3.65. The Balaban J connectivity index is 1.56. The van der Waals surface area contributed by atoms with Crippen molar-refractivity contribution in [3.63, 3.8) is 0 Å². The summed E-state index contributed by atoms with van der Waals surface area (Å²) in [7, 11) is 1.77. The van der Waals surface area contributed by atoms with Gasteiger partial charge < -0.3 is 9.88 Å². The molecule has 4 rings (SSSR count). The molecule has 26 heavy (non-hydrogen) atoms. The molecule has 0 aliphatic heterocycles. The predicted molar refractivity (Wildman–Crippen MR) is 104 cm³/mol. The summed E-state index contributed by atoms with van der Waals surface area (Å²) >= 11 is 1.30. The Morgan fingerprint density at radius 3 is 2.62 bits per heavy atom. The molecule has 0 bridgehead atoms. The molecule has 2 aromatic carbocycles. The van der Waals surface area contributed by atoms with Crippen LogP contribution in [0.3, 0.4) is 0 Å². The molecule has 0 aliphatic rings. The Hall–Kier alpha value is -2.93. The van der Waals surface area contributed by atoms with Gasteiger partial charge in [-0.2, -0.15) is 0 Å². The van der Waals surface area contributed by atoms with Gasteiger partial charge >= 0.3 is 0 Å². The number of fused-ring (bicyclic) bond motifs is 3. The smallest absolute Gasteiger partial charge is 0.240 e. The fraction of sp³-hybridized carbons (Fsp3) is 0.158. The molecule has 6 nitrogen and oxygen atoms in total. The van der Waals surface area contributed by atoms with Crippen molar-refractivity contribution in [1.82, 2.24) is 20.2 Å². The Morgan fingerprint density at radius 2 is 1.81 bits per heavy atom. The standard InChI is InChI=1S/C19H17N5OS/c1-12(18(25)24(2)13-8-4-3-5-9-13)26-19-21-17-16(22-23-19)14-10-6-7-11-15(14)20-17/h3-12H,1-2H3,(H,20,21,23)/t12-/m0/s1. The van der Waals surface area contributed by atoms with E-state index < -0.39 is 0 Å². The first kappa shape index (κ1) is 16.5. The average molecular weight is 363 g/mol. The molecule has 7 heteroatoms. The van der Waals surface area contributed by atoms with Crippen molar-refractivity contribution in [3.05, 3.63) is 54.6 Å². The molecule has 0 spiro atoms. The number of benzene rings is 2. The van der Waals surface area contributed by atoms with Crippen LogP contribution in [0.4, 0.5) is 5.69 Å². The minimum atomic E-state index is -0.330. The van der Waals surface area contributed by atoms with E-state index in [-0.39, 0.29) is 11.2 Å². The number of para-hydroxylation sites is 2. The fourth-order valence-corrected chi connectivity index (χ4v) is 3.62. The highest BCUT2D eigenvalue weighted by Crippen LogP contribution is 2.26. The van der Waals surface area contributed by atoms with Gasteiger partial charge in [-0.25, -0.2) is 4.98 Å². The van der Waals surface area contributed by atoms with Gasteiger partial charge in [0.15, 0.2) is 5.65 Å². The molecule has 0 fully saturated rings. The number of carbonyl (C=O) groups is 1. The van der Waals surface area contributed by atoms with Crippen LogP contribution in [-0.2, 0) is 4.79 Å². The van der Waals surface area contributed by atoms with Gasteiger partial charge in [-0.3, -0.25) is 4.79 Å². The van der Waals surface area contributed by atoms with Crippen molar-refractivity contribution in [2.75, 3.05) is 11.9 Å². The first-order valence-corrected chi connectivity index (χ1v) is 9.12. The van der Waals surface area contributed by atoms with E-state index >= 15 is 0 Å². The van der Waals surface area contributed by atoms with Crippen LogP contribution in [0, 0.1) is 0 Å². The zero-order valence-electron chi connectivity index (χ0n) is 14.4. The average Bonchev–Trinajstić information content (AvgIpc) is 3.05. The quantitative estimate of drug-likeness (QED) is 0.560. The number of thioether (sulfide) groups is 1. The number of carbonyl (C=O) groups excluding carboxylic acids is 1. The van der Waals surface area contributed by atoms with Gasteiger partial charge in [-0.1, -0.05) is 48.2 Å². The van der Waals surface area contributed by atoms with E-state index in [1.165, 1.54) is 11.8 Å². The number of hydrogen-bond acceptors (Lipinski definition) is 5. The Labute approximate surface area is 154 Å². The van der Waals surface area contributed by atoms with Crippen molar-refractivity contribution >= 4 is 45.4 Å². The number of aromatic amines is 1. The summed E-state index contributed by atoms with van der Waals surface area (Å²) in [6.45, 7) is 1.85. The van der Waals surface area contributed by atoms with Crippen LogP contribution in [0.2, 0.25) is 0 Å². The third kappa shape index (κ3) is 3.01. The van der Waals surface area contributed by atoms with E-state index in [0.717, 1.165) is 22.1 Å². The Kier molecular flexibility index (Phi) is 4.30. The van der Waals surface area contributed by atoms with Gasteiger partial charge in [0.25, 0.3) is 0 Å². The van der Waals surface area contributed by atoms with Crippen molar-refractivity contribution < 1.29 is 4.79 Å². The second-order valence-electron chi connectivity index (χ2n) is 5.96. The molecule has 1 atom stereocenters. The van der Waals surface area contributed by atoms with E-state index in [0.29, 0.717) is 10.8 Å². The minimum absolute atomic E-state index is 0.0125. The molecule has 4 aromatic rings. The molecule has 1 amide bonds. The first-order chi connectivity index (χ1) is 12.6. The maximum Gasteiger partial charge on any atom is 0.240 e. The van der Waals surface area contributed by atoms with E-state index in [1.54, 1.807) is 11.9 Å². The lowest BCUT2D eigenvalue weighted by Crippen LogP contribution is -2.33. The number of nitrogens with zero attached hydrogens (tertiary/aromatic N) is 4. The molecule has 2 aromatic heterocycles. The second-order valence-corrected chi connectivity index (χ2v) is 7.26. The number of aromatic nitrogens is 4. The number of hydrogen-bond donors (Lipinski definition) is 1. The van der Waals surface area contributed by atoms with Gasteiger partial charge in [0, 0.05) is 23.6 Å². The number of rotatable bonds is 4. The highest BCUT2D eigenvalue weighted by molar-refractivity contribution is 8.00. The van der Waals surface area contributed by atoms with Crippen LogP contribution in [0.1, 0.15) is 6.92 Å². The Bertz CT molecular complexity index is 1080. The molecule has 2 heterocycles. The van der Waals surface area contributed by atoms with Crippen molar-refractivity contribution in [1.29, 1.82) is 0 Å². The maximum absolute atomic E-state index is 12.7. The van der Waals surface area contributed by atoms with Gasteiger partial charge in [0.05, 0.1) is 5.25 Å². The number of amides is 1. The SMILES string of the molecule is C[C@H](Sc1nnc2c(n1)[nH]c1ccccc12)C(=O)N(C)c1ccccc1. The largest absolute Gasteiger partial charge is 0.338 e. The van der Waals surface area contributed by atoms with Crippen LogP contribution in [0.15, 0.2) is 59.8 Å². The molecule has 0 saturated carbocycles. The molecule has 1 N–H and O–H groups in total. The van der Waals surface area contributed by atoms with Crippen LogP contribution >= 0.6 is 11.8 Å². The summed E-state index contributed by atoms with van der Waals surface area (Å²) in [5.74, 6) is -0.0125. The van der Waals surface area contributed by atoms with Crippen LogP contribution in [0.5, 0.6) is 0 Å². The highest BCUT2D eigenvalue weighted by atomic mass is 32.2. The monoisotopic (exact) mass is 363 g/mol. The molecule has 0 radical (unpaired) electrons. The molecular weight excluding hydrogens is 346 g/mol. The summed E-state index contributed by atoms with van der Waals surface area (Å²) in [6, 6.07) is 17.4. The number of anilines is 1. The molecular formula is C19H17N5OS. The van der Waals surface area contributed by atoms with Gasteiger partial charge in [0.2, 0.25) is 11.1 Å². The lowest BCUT2D eigenvalue weighted by molar-refractivity contribution is -0.117. The second kappa shape index (κ2) is 6.76. The van der Waals surface area contributed by atoms with Crippen LogP contribution < -0.4 is 4.90 Å². The highest BCUT2D eigenvalue weighted by Gasteiger charge is 2.21. The topological polar surface area (TPSA) is 74.8 Å². The van der Waals surface area contributed by atoms with E-state index in [1.807, 2.05) is 61.5 Å². The van der Waals surface area contributed by atoms with Crippen LogP contribution in [0.25, 0.3) is 22.1 Å². The summed E-state index contributed by atoms with van der Waals surface area (Å²) in [4.78, 5) is 22.1. The summed E-state index contributed by atoms with van der Waals surface area (Å²) < 4.78 is 0. The number of H-pyrrole nitrogens is 1. The van der Waals surface area contributed by atoms with Crippen LogP contribution in [-0.4, -0.2) is 38.4 Å². The normalized spacial score (nSPS) is 12.4. The zero-order valence-corrected chi connectivity index (χ0v) is 15.2. The molecule has 0 unspecified atom stereocenters. The first-order valence-electron chi connectivity index (χ1n) is 8.24. The Morgan fingerprint density at radius 1 is 1.08 bits per heavy atom. The zero-order chi connectivity index (χ0) is 18.1. The van der Waals surface area contributed by atoms with E-state index in [4.69, 9.17) is 0 Å². The molecule has 130 valence electrons. The minimum Gasteiger partial charge on any atom is -0.338 e. The summed E-state index contributed by atoms with van der Waals surface area (Å²) in [6.07, 6.45) is 0. The summed E-state index contributed by atoms with van der Waals surface area (Å²) in [5, 5.41) is 9.63. The number of nitrogens with one attached hydrogen (secondary N) is 1. The van der Waals surface area contributed by atoms with Gasteiger partial charge in [0.1, 0.15) is 5.52 Å². The van der Waals surface area contributed by atoms with E-state index in [2.05, 4.69) is 20.2 Å². The molecule has 0 aliphatic carbocycles. The summed E-state index contributed by atoms with van der Waals surface area (Å²) in [5.41, 5.74) is 3.25. The maximum atomic E-state index is 12.7. The van der Waals surface area contributed by atoms with Gasteiger partial charge in [-0.05, 0) is 25.1 Å². The lowest BCUT2D eigenvalue weighted by Gasteiger charge is -2.20. The van der Waals surface area contributed by atoms with Crippen molar-refractivity contribution in [2.24, 2.45) is 0 Å². The van der Waals surface area contributed by atoms with E-state index in [9.17, 15) is 4.79 Å². The van der Waals surface area contributed by atoms with Gasteiger partial charge in [-0.15, -0.1) is 10.2 Å².